The largest absolute Gasteiger partial charge is 0.481 e. The molecular formula is C30H28N2O4. The zero-order valence-electron chi connectivity index (χ0n) is 19.9. The van der Waals surface area contributed by atoms with Gasteiger partial charge in [0.15, 0.2) is 0 Å². The van der Waals surface area contributed by atoms with Gasteiger partial charge >= 0.3 is 5.97 Å². The highest BCUT2D eigenvalue weighted by atomic mass is 16.5. The Hall–Kier alpha value is -4.32. The molecule has 182 valence electrons. The van der Waals surface area contributed by atoms with Gasteiger partial charge < -0.3 is 19.5 Å². The molecule has 0 radical (unpaired) electrons. The molecule has 0 amide bonds. The predicted molar refractivity (Wildman–Crippen MR) is 139 cm³/mol. The van der Waals surface area contributed by atoms with Crippen molar-refractivity contribution in [3.63, 3.8) is 0 Å². The van der Waals surface area contributed by atoms with Crippen molar-refractivity contribution in [1.82, 2.24) is 4.98 Å². The fraction of sp³-hybridized carbons (Fsp3) is 0.200. The molecule has 5 rings (SSSR count). The summed E-state index contributed by atoms with van der Waals surface area (Å²) in [5.41, 5.74) is 4.98. The highest BCUT2D eigenvalue weighted by molar-refractivity contribution is 5.73. The van der Waals surface area contributed by atoms with Gasteiger partial charge in [0.1, 0.15) is 13.2 Å². The van der Waals surface area contributed by atoms with Crippen LogP contribution in [0.15, 0.2) is 97.1 Å². The molecule has 1 unspecified atom stereocenters. The molecule has 1 aliphatic rings. The van der Waals surface area contributed by atoms with Crippen molar-refractivity contribution in [3.05, 3.63) is 108 Å². The summed E-state index contributed by atoms with van der Waals surface area (Å²) < 4.78 is 12.1. The zero-order valence-corrected chi connectivity index (χ0v) is 19.9. The summed E-state index contributed by atoms with van der Waals surface area (Å²) in [6.07, 6.45) is 0.670. The Morgan fingerprint density at radius 2 is 1.47 bits per heavy atom. The Kier molecular flexibility index (Phi) is 7.12. The molecule has 1 aromatic heterocycles. The van der Waals surface area contributed by atoms with Crippen LogP contribution in [-0.4, -0.2) is 29.1 Å². The number of hydrogen-bond donors (Lipinski definition) is 1. The number of pyridine rings is 1. The average molecular weight is 481 g/mol. The number of carbonyl (C=O) groups is 1. The van der Waals surface area contributed by atoms with Crippen LogP contribution in [0.2, 0.25) is 0 Å². The predicted octanol–water partition coefficient (Wildman–Crippen LogP) is 5.82. The summed E-state index contributed by atoms with van der Waals surface area (Å²) >= 11 is 0. The lowest BCUT2D eigenvalue weighted by molar-refractivity contribution is -0.140. The molecule has 0 saturated carbocycles. The second-order valence-corrected chi connectivity index (χ2v) is 8.87. The van der Waals surface area contributed by atoms with E-state index in [0.717, 1.165) is 34.5 Å². The smallest absolute Gasteiger partial charge is 0.308 e. The Labute approximate surface area is 210 Å². The third-order valence-electron chi connectivity index (χ3n) is 6.36. The number of ether oxygens (including phenoxy) is 2. The third-order valence-corrected chi connectivity index (χ3v) is 6.36. The lowest BCUT2D eigenvalue weighted by atomic mass is 10.1. The van der Waals surface area contributed by atoms with Crippen LogP contribution in [0, 0.1) is 5.92 Å². The minimum atomic E-state index is -0.727. The number of rotatable bonds is 9. The van der Waals surface area contributed by atoms with Crippen LogP contribution in [0.4, 0.5) is 5.69 Å². The average Bonchev–Trinajstić information content (AvgIpc) is 3.43. The Bertz CT molecular complexity index is 1290. The van der Waals surface area contributed by atoms with Crippen LogP contribution >= 0.6 is 0 Å². The molecule has 4 aromatic rings. The van der Waals surface area contributed by atoms with E-state index in [4.69, 9.17) is 9.47 Å². The molecule has 6 heteroatoms. The molecule has 1 aliphatic heterocycles. The summed E-state index contributed by atoms with van der Waals surface area (Å²) in [4.78, 5) is 18.1. The maximum absolute atomic E-state index is 11.3. The Morgan fingerprint density at radius 3 is 2.08 bits per heavy atom. The summed E-state index contributed by atoms with van der Waals surface area (Å²) in [5.74, 6) is -0.0337. The summed E-state index contributed by atoms with van der Waals surface area (Å²) in [7, 11) is 0. The van der Waals surface area contributed by atoms with Crippen LogP contribution < -0.4 is 14.4 Å². The fourth-order valence-electron chi connectivity index (χ4n) is 4.34. The number of benzene rings is 3. The SMILES string of the molecule is O=C(O)C1CCN(c2ccc(-c3ccc(OCc4ccccc4)nc3OCc3ccccc3)cc2)C1. The van der Waals surface area contributed by atoms with Crippen molar-refractivity contribution < 1.29 is 19.4 Å². The zero-order chi connectivity index (χ0) is 24.7. The quantitative estimate of drug-likeness (QED) is 0.326. The topological polar surface area (TPSA) is 71.9 Å². The van der Waals surface area contributed by atoms with Gasteiger partial charge in [0, 0.05) is 30.4 Å². The van der Waals surface area contributed by atoms with Gasteiger partial charge in [-0.1, -0.05) is 72.8 Å². The number of hydrogen-bond acceptors (Lipinski definition) is 5. The minimum Gasteiger partial charge on any atom is -0.481 e. The number of carboxylic acid groups (broad SMARTS) is 1. The van der Waals surface area contributed by atoms with Gasteiger partial charge in [0.25, 0.3) is 0 Å². The molecule has 0 bridgehead atoms. The van der Waals surface area contributed by atoms with Gasteiger partial charge in [-0.15, -0.1) is 0 Å². The molecular weight excluding hydrogens is 452 g/mol. The van der Waals surface area contributed by atoms with Gasteiger partial charge in [-0.25, -0.2) is 0 Å². The van der Waals surface area contributed by atoms with Gasteiger partial charge in [0.05, 0.1) is 5.92 Å². The van der Waals surface area contributed by atoms with E-state index >= 15 is 0 Å². The van der Waals surface area contributed by atoms with Crippen LogP contribution in [0.1, 0.15) is 17.5 Å². The van der Waals surface area contributed by atoms with E-state index in [0.29, 0.717) is 37.9 Å². The maximum Gasteiger partial charge on any atom is 0.308 e. The molecule has 1 fully saturated rings. The fourth-order valence-corrected chi connectivity index (χ4v) is 4.34. The van der Waals surface area contributed by atoms with Crippen LogP contribution in [0.25, 0.3) is 11.1 Å². The van der Waals surface area contributed by atoms with Gasteiger partial charge in [-0.3, -0.25) is 4.79 Å². The van der Waals surface area contributed by atoms with E-state index in [1.54, 1.807) is 0 Å². The van der Waals surface area contributed by atoms with E-state index in [9.17, 15) is 9.90 Å². The van der Waals surface area contributed by atoms with E-state index in [1.165, 1.54) is 0 Å². The summed E-state index contributed by atoms with van der Waals surface area (Å²) in [5, 5.41) is 9.30. The molecule has 1 N–H and O–H groups in total. The number of nitrogens with zero attached hydrogens (tertiary/aromatic N) is 2. The number of carboxylic acids is 1. The van der Waals surface area contributed by atoms with Crippen molar-refractivity contribution in [3.8, 4) is 22.9 Å². The first-order valence-electron chi connectivity index (χ1n) is 12.1. The molecule has 2 heterocycles. The molecule has 6 nitrogen and oxygen atoms in total. The molecule has 36 heavy (non-hydrogen) atoms. The van der Waals surface area contributed by atoms with Gasteiger partial charge in [0.2, 0.25) is 11.8 Å². The third kappa shape index (κ3) is 5.66. The normalized spacial score (nSPS) is 15.0. The standard InChI is InChI=1S/C30H28N2O4/c33-30(34)25-17-18-32(19-25)26-13-11-24(12-14-26)27-15-16-28(35-20-22-7-3-1-4-8-22)31-29(27)36-21-23-9-5-2-6-10-23/h1-16,25H,17-21H2,(H,33,34). The van der Waals surface area contributed by atoms with Crippen molar-refractivity contribution in [1.29, 1.82) is 0 Å². The van der Waals surface area contributed by atoms with Crippen molar-refractivity contribution >= 4 is 11.7 Å². The maximum atomic E-state index is 11.3. The van der Waals surface area contributed by atoms with Crippen molar-refractivity contribution in [2.45, 2.75) is 19.6 Å². The summed E-state index contributed by atoms with van der Waals surface area (Å²) in [6.45, 7) is 2.10. The first-order chi connectivity index (χ1) is 17.7. The lowest BCUT2D eigenvalue weighted by Crippen LogP contribution is -2.22. The minimum absolute atomic E-state index is 0.310. The first-order valence-corrected chi connectivity index (χ1v) is 12.1. The molecule has 1 atom stereocenters. The van der Waals surface area contributed by atoms with Crippen LogP contribution in [0.3, 0.4) is 0 Å². The van der Waals surface area contributed by atoms with E-state index in [-0.39, 0.29) is 5.92 Å². The lowest BCUT2D eigenvalue weighted by Gasteiger charge is -2.19. The van der Waals surface area contributed by atoms with Gasteiger partial charge in [-0.2, -0.15) is 4.98 Å². The first kappa shape index (κ1) is 23.4. The second kappa shape index (κ2) is 11.0. The van der Waals surface area contributed by atoms with Crippen LogP contribution in [0.5, 0.6) is 11.8 Å². The van der Waals surface area contributed by atoms with Crippen molar-refractivity contribution in [2.75, 3.05) is 18.0 Å². The number of aliphatic carboxylic acids is 1. The van der Waals surface area contributed by atoms with Crippen LogP contribution in [-0.2, 0) is 18.0 Å². The molecule has 1 saturated heterocycles. The molecule has 0 aliphatic carbocycles. The van der Waals surface area contributed by atoms with Gasteiger partial charge in [-0.05, 0) is 41.3 Å². The highest BCUT2D eigenvalue weighted by Gasteiger charge is 2.28. The van der Waals surface area contributed by atoms with E-state index < -0.39 is 5.97 Å². The highest BCUT2D eigenvalue weighted by Crippen LogP contribution is 2.33. The number of aromatic nitrogens is 1. The number of anilines is 1. The van der Waals surface area contributed by atoms with E-state index in [1.807, 2.05) is 97.1 Å². The second-order valence-electron chi connectivity index (χ2n) is 8.87. The van der Waals surface area contributed by atoms with E-state index in [2.05, 4.69) is 9.88 Å². The molecule has 0 spiro atoms. The Balaban J connectivity index is 1.36. The van der Waals surface area contributed by atoms with Crippen molar-refractivity contribution in [2.24, 2.45) is 5.92 Å². The summed E-state index contributed by atoms with van der Waals surface area (Å²) in [6, 6.07) is 31.9. The molecule has 3 aromatic carbocycles. The monoisotopic (exact) mass is 480 g/mol. The Morgan fingerprint density at radius 1 is 0.833 bits per heavy atom.